The lowest BCUT2D eigenvalue weighted by Gasteiger charge is -2.05. The van der Waals surface area contributed by atoms with E-state index in [2.05, 4.69) is 20.9 Å². The highest BCUT2D eigenvalue weighted by Gasteiger charge is 2.17. The van der Waals surface area contributed by atoms with E-state index in [1.807, 2.05) is 0 Å². The number of halogens is 2. The third-order valence-corrected chi connectivity index (χ3v) is 4.97. The largest absolute Gasteiger partial charge is 0.325 e. The molecule has 3 amide bonds. The summed E-state index contributed by atoms with van der Waals surface area (Å²) in [6, 6.07) is 13.1. The van der Waals surface area contributed by atoms with Gasteiger partial charge in [-0.15, -0.1) is 0 Å². The van der Waals surface area contributed by atoms with Crippen LogP contribution in [0.15, 0.2) is 48.5 Å². The lowest BCUT2D eigenvalue weighted by molar-refractivity contribution is 0.103. The normalized spacial score (nSPS) is 10.3. The molecule has 0 aliphatic heterocycles. The highest BCUT2D eigenvalue weighted by Crippen LogP contribution is 2.25. The molecule has 1 heterocycles. The molecule has 27 heavy (non-hydrogen) atoms. The fourth-order valence-corrected chi connectivity index (χ4v) is 3.38. The Hall–Kier alpha value is -2.61. The third kappa shape index (κ3) is 5.19. The van der Waals surface area contributed by atoms with Gasteiger partial charge in [0, 0.05) is 21.4 Å². The highest BCUT2D eigenvalue weighted by molar-refractivity contribution is 7.17. The molecule has 6 nitrogen and oxygen atoms in total. The van der Waals surface area contributed by atoms with Gasteiger partial charge in [-0.05, 0) is 49.4 Å². The van der Waals surface area contributed by atoms with E-state index < -0.39 is 6.03 Å². The van der Waals surface area contributed by atoms with Crippen LogP contribution in [0, 0.1) is 6.92 Å². The van der Waals surface area contributed by atoms with Crippen LogP contribution in [0.3, 0.4) is 0 Å². The average molecular weight is 421 g/mol. The average Bonchev–Trinajstić information content (AvgIpc) is 2.97. The van der Waals surface area contributed by atoms with Crippen molar-refractivity contribution < 1.29 is 9.59 Å². The van der Waals surface area contributed by atoms with Crippen LogP contribution in [-0.4, -0.2) is 16.9 Å². The molecule has 3 N–H and O–H groups in total. The van der Waals surface area contributed by atoms with Crippen LogP contribution in [0.1, 0.15) is 15.4 Å². The predicted octanol–water partition coefficient (Wildman–Crippen LogP) is 5.65. The molecule has 0 spiro atoms. The summed E-state index contributed by atoms with van der Waals surface area (Å²) in [5, 5.41) is 9.45. The molecular weight excluding hydrogens is 407 g/mol. The molecule has 0 fully saturated rings. The van der Waals surface area contributed by atoms with Gasteiger partial charge in [0.25, 0.3) is 5.91 Å². The predicted molar refractivity (Wildman–Crippen MR) is 110 cm³/mol. The van der Waals surface area contributed by atoms with Crippen LogP contribution >= 0.6 is 34.5 Å². The van der Waals surface area contributed by atoms with Gasteiger partial charge in [-0.3, -0.25) is 10.1 Å². The van der Waals surface area contributed by atoms with Crippen LogP contribution in [0.5, 0.6) is 0 Å². The Morgan fingerprint density at radius 3 is 2.37 bits per heavy atom. The van der Waals surface area contributed by atoms with Crippen molar-refractivity contribution in [2.45, 2.75) is 6.92 Å². The van der Waals surface area contributed by atoms with Crippen LogP contribution in [0.2, 0.25) is 10.0 Å². The maximum absolute atomic E-state index is 12.4. The van der Waals surface area contributed by atoms with Gasteiger partial charge < -0.3 is 10.6 Å². The molecule has 0 saturated heterocycles. The number of carbonyl (C=O) groups excluding carboxylic acids is 2. The monoisotopic (exact) mass is 420 g/mol. The van der Waals surface area contributed by atoms with E-state index in [9.17, 15) is 9.59 Å². The second kappa shape index (κ2) is 8.39. The Bertz CT molecular complexity index is 989. The Balaban J connectivity index is 1.65. The molecule has 2 aromatic carbocycles. The summed E-state index contributed by atoms with van der Waals surface area (Å²) in [5.41, 5.74) is 1.68. The molecule has 0 aliphatic carbocycles. The summed E-state index contributed by atoms with van der Waals surface area (Å²) in [6.07, 6.45) is 0. The lowest BCUT2D eigenvalue weighted by Crippen LogP contribution is -2.19. The number of thiazole rings is 1. The molecule has 3 aromatic rings. The first-order chi connectivity index (χ1) is 12.9. The first-order valence-electron chi connectivity index (χ1n) is 7.78. The zero-order valence-corrected chi connectivity index (χ0v) is 16.4. The van der Waals surface area contributed by atoms with E-state index in [1.54, 1.807) is 55.5 Å². The molecule has 0 bridgehead atoms. The fourth-order valence-electron chi connectivity index (χ4n) is 2.21. The van der Waals surface area contributed by atoms with Crippen molar-refractivity contribution in [3.8, 4) is 0 Å². The summed E-state index contributed by atoms with van der Waals surface area (Å²) >= 11 is 12.8. The molecule has 0 saturated carbocycles. The summed E-state index contributed by atoms with van der Waals surface area (Å²) in [6.45, 7) is 1.70. The van der Waals surface area contributed by atoms with Gasteiger partial charge in [-0.1, -0.05) is 40.6 Å². The molecule has 0 radical (unpaired) electrons. The number of aromatic nitrogens is 1. The van der Waals surface area contributed by atoms with Gasteiger partial charge in [-0.2, -0.15) is 0 Å². The smallest absolute Gasteiger partial charge is 0.321 e. The Labute approximate surface area is 169 Å². The van der Waals surface area contributed by atoms with E-state index in [0.717, 1.165) is 11.3 Å². The quantitative estimate of drug-likeness (QED) is 0.509. The number of amides is 3. The van der Waals surface area contributed by atoms with Crippen molar-refractivity contribution in [2.75, 3.05) is 16.0 Å². The minimum atomic E-state index is -0.465. The van der Waals surface area contributed by atoms with Crippen LogP contribution in [-0.2, 0) is 0 Å². The van der Waals surface area contributed by atoms with Crippen LogP contribution in [0.25, 0.3) is 0 Å². The van der Waals surface area contributed by atoms with Gasteiger partial charge in [-0.25, -0.2) is 9.78 Å². The van der Waals surface area contributed by atoms with Crippen molar-refractivity contribution in [3.05, 3.63) is 69.1 Å². The minimum absolute atomic E-state index is 0.315. The molecule has 9 heteroatoms. The summed E-state index contributed by atoms with van der Waals surface area (Å²) in [5.74, 6) is -0.321. The van der Waals surface area contributed by atoms with Gasteiger partial charge in [0.1, 0.15) is 4.88 Å². The lowest BCUT2D eigenvalue weighted by atomic mass is 10.3. The zero-order valence-electron chi connectivity index (χ0n) is 14.0. The number of urea groups is 1. The Kier molecular flexibility index (Phi) is 5.95. The first-order valence-corrected chi connectivity index (χ1v) is 9.36. The number of rotatable bonds is 4. The van der Waals surface area contributed by atoms with Crippen molar-refractivity contribution in [3.63, 3.8) is 0 Å². The second-order valence-corrected chi connectivity index (χ2v) is 7.36. The van der Waals surface area contributed by atoms with E-state index in [-0.39, 0.29) is 5.91 Å². The number of hydrogen-bond donors (Lipinski definition) is 3. The van der Waals surface area contributed by atoms with Crippen LogP contribution in [0.4, 0.5) is 21.3 Å². The van der Waals surface area contributed by atoms with E-state index in [4.69, 9.17) is 23.2 Å². The first kappa shape index (κ1) is 19.2. The van der Waals surface area contributed by atoms with Gasteiger partial charge in [0.15, 0.2) is 5.13 Å². The molecule has 0 unspecified atom stereocenters. The maximum Gasteiger partial charge on any atom is 0.325 e. The van der Waals surface area contributed by atoms with E-state index in [1.165, 1.54) is 0 Å². The molecule has 0 atom stereocenters. The van der Waals surface area contributed by atoms with Gasteiger partial charge >= 0.3 is 6.03 Å². The number of anilines is 3. The maximum atomic E-state index is 12.4. The molecule has 0 aliphatic rings. The second-order valence-electron chi connectivity index (χ2n) is 5.48. The number of nitrogens with one attached hydrogen (secondary N) is 3. The molecule has 138 valence electrons. The number of hydrogen-bond acceptors (Lipinski definition) is 4. The Morgan fingerprint density at radius 2 is 1.67 bits per heavy atom. The van der Waals surface area contributed by atoms with Gasteiger partial charge in [0.05, 0.1) is 5.69 Å². The number of carbonyl (C=O) groups is 2. The fraction of sp³-hybridized carbons (Fsp3) is 0.0556. The minimum Gasteiger partial charge on any atom is -0.321 e. The number of aryl methyl sites for hydroxylation is 1. The van der Waals surface area contributed by atoms with Crippen molar-refractivity contribution >= 4 is 63.0 Å². The van der Waals surface area contributed by atoms with Crippen molar-refractivity contribution in [1.29, 1.82) is 0 Å². The number of benzene rings is 2. The molecule has 3 rings (SSSR count). The van der Waals surface area contributed by atoms with Crippen molar-refractivity contribution in [2.24, 2.45) is 0 Å². The standard InChI is InChI=1S/C18H14Cl2N4O2S/c1-10-15(16(25)22-14-4-2-3-12(20)9-14)27-18(21-10)24-17(26)23-13-7-5-11(19)6-8-13/h2-9H,1H3,(H,22,25)(H2,21,23,24,26). The number of nitrogens with zero attached hydrogens (tertiary/aromatic N) is 1. The van der Waals surface area contributed by atoms with Crippen molar-refractivity contribution in [1.82, 2.24) is 4.98 Å². The molecular formula is C18H14Cl2N4O2S. The molecule has 1 aromatic heterocycles. The highest BCUT2D eigenvalue weighted by atomic mass is 35.5. The topological polar surface area (TPSA) is 83.1 Å². The Morgan fingerprint density at radius 1 is 0.926 bits per heavy atom. The van der Waals surface area contributed by atoms with Crippen LogP contribution < -0.4 is 16.0 Å². The SMILES string of the molecule is Cc1nc(NC(=O)Nc2ccc(Cl)cc2)sc1C(=O)Nc1cccc(Cl)c1. The third-order valence-electron chi connectivity index (χ3n) is 3.41. The van der Waals surface area contributed by atoms with Gasteiger partial charge in [0.2, 0.25) is 0 Å². The summed E-state index contributed by atoms with van der Waals surface area (Å²) in [4.78, 5) is 29.2. The summed E-state index contributed by atoms with van der Waals surface area (Å²) < 4.78 is 0. The van der Waals surface area contributed by atoms with E-state index >= 15 is 0 Å². The van der Waals surface area contributed by atoms with E-state index in [0.29, 0.717) is 37.1 Å². The summed E-state index contributed by atoms with van der Waals surface area (Å²) in [7, 11) is 0. The zero-order chi connectivity index (χ0) is 19.4.